The molecular weight excluding hydrogens is 464 g/mol. The number of para-hydroxylation sites is 2. The zero-order valence-corrected chi connectivity index (χ0v) is 20.4. The molecule has 0 radical (unpaired) electrons. The minimum absolute atomic E-state index is 0.104. The van der Waals surface area contributed by atoms with Crippen molar-refractivity contribution in [1.29, 1.82) is 0 Å². The Hall–Kier alpha value is -3.27. The number of carbonyl (C=O) groups excluding carboxylic acids is 2. The van der Waals surface area contributed by atoms with Crippen molar-refractivity contribution in [2.75, 3.05) is 42.9 Å². The molecule has 2 aliphatic rings. The summed E-state index contributed by atoms with van der Waals surface area (Å²) < 4.78 is 28.0. The van der Waals surface area contributed by atoms with Crippen LogP contribution in [0.1, 0.15) is 13.3 Å². The molecule has 9 heteroatoms. The smallest absolute Gasteiger partial charge is 0.243 e. The number of fused-ring (bicyclic) bond motifs is 2. The fraction of sp³-hybridized carbons (Fsp3) is 0.308. The lowest BCUT2D eigenvalue weighted by molar-refractivity contribution is -0.120. The highest BCUT2D eigenvalue weighted by Crippen LogP contribution is 2.31. The Labute approximate surface area is 205 Å². The van der Waals surface area contributed by atoms with Crippen molar-refractivity contribution in [3.05, 3.63) is 66.7 Å². The van der Waals surface area contributed by atoms with Gasteiger partial charge in [0.15, 0.2) is 0 Å². The standard InChI is InChI=1S/C26H28N4O4S/c1-19-16-25(31)27-23-8-4-5-9-24(23)30(19)26(32)18-28-12-14-29(15-13-28)35(33,34)22-11-10-20-6-2-3-7-21(20)17-22/h2-11,17,19H,12-16,18H2,1H3,(H,27,31)/t19-/m0/s1. The van der Waals surface area contributed by atoms with Crippen LogP contribution in [0.15, 0.2) is 71.6 Å². The lowest BCUT2D eigenvalue weighted by Crippen LogP contribution is -2.52. The molecule has 2 aliphatic heterocycles. The highest BCUT2D eigenvalue weighted by molar-refractivity contribution is 7.89. The molecule has 2 heterocycles. The first-order valence-corrected chi connectivity index (χ1v) is 13.2. The third-order valence-corrected chi connectivity index (χ3v) is 8.57. The number of hydrogen-bond donors (Lipinski definition) is 1. The molecule has 0 unspecified atom stereocenters. The van der Waals surface area contributed by atoms with Gasteiger partial charge < -0.3 is 10.2 Å². The van der Waals surface area contributed by atoms with Crippen molar-refractivity contribution in [2.45, 2.75) is 24.3 Å². The van der Waals surface area contributed by atoms with E-state index in [1.807, 2.05) is 60.4 Å². The summed E-state index contributed by atoms with van der Waals surface area (Å²) in [6, 6.07) is 19.9. The van der Waals surface area contributed by atoms with Crippen LogP contribution in [-0.4, -0.2) is 68.2 Å². The maximum absolute atomic E-state index is 13.3. The van der Waals surface area contributed by atoms with Crippen LogP contribution in [0.2, 0.25) is 0 Å². The summed E-state index contributed by atoms with van der Waals surface area (Å²) in [6.07, 6.45) is 0.220. The number of piperazine rings is 1. The quantitative estimate of drug-likeness (QED) is 0.605. The predicted octanol–water partition coefficient (Wildman–Crippen LogP) is 2.91. The molecule has 3 aromatic carbocycles. The van der Waals surface area contributed by atoms with Crippen molar-refractivity contribution in [2.24, 2.45) is 0 Å². The number of hydrogen-bond acceptors (Lipinski definition) is 5. The van der Waals surface area contributed by atoms with Crippen LogP contribution < -0.4 is 10.2 Å². The first-order valence-electron chi connectivity index (χ1n) is 11.8. The molecule has 0 bridgehead atoms. The van der Waals surface area contributed by atoms with E-state index in [-0.39, 0.29) is 35.7 Å². The highest BCUT2D eigenvalue weighted by Gasteiger charge is 2.33. The molecule has 182 valence electrons. The Morgan fingerprint density at radius 3 is 2.40 bits per heavy atom. The molecule has 1 N–H and O–H groups in total. The zero-order valence-electron chi connectivity index (χ0n) is 19.6. The Morgan fingerprint density at radius 1 is 0.943 bits per heavy atom. The van der Waals surface area contributed by atoms with Gasteiger partial charge >= 0.3 is 0 Å². The van der Waals surface area contributed by atoms with E-state index < -0.39 is 10.0 Å². The Morgan fingerprint density at radius 2 is 1.63 bits per heavy atom. The number of carbonyl (C=O) groups is 2. The highest BCUT2D eigenvalue weighted by atomic mass is 32.2. The second kappa shape index (κ2) is 9.41. The topological polar surface area (TPSA) is 90.0 Å². The first kappa shape index (κ1) is 23.5. The Kier molecular flexibility index (Phi) is 6.31. The van der Waals surface area contributed by atoms with Crippen molar-refractivity contribution in [1.82, 2.24) is 9.21 Å². The molecule has 0 aromatic heterocycles. The average Bonchev–Trinajstić information content (AvgIpc) is 2.98. The first-order chi connectivity index (χ1) is 16.8. The van der Waals surface area contributed by atoms with Crippen LogP contribution in [0.3, 0.4) is 0 Å². The van der Waals surface area contributed by atoms with Crippen LogP contribution in [-0.2, 0) is 19.6 Å². The van der Waals surface area contributed by atoms with E-state index in [4.69, 9.17) is 0 Å². The molecule has 1 atom stereocenters. The SMILES string of the molecule is C[C@H]1CC(=O)Nc2ccccc2N1C(=O)CN1CCN(S(=O)(=O)c2ccc3ccccc3c2)CC1. The predicted molar refractivity (Wildman–Crippen MR) is 136 cm³/mol. The van der Waals surface area contributed by atoms with Crippen LogP contribution in [0.25, 0.3) is 10.8 Å². The summed E-state index contributed by atoms with van der Waals surface area (Å²) in [5, 5.41) is 4.75. The van der Waals surface area contributed by atoms with Crippen molar-refractivity contribution in [3.63, 3.8) is 0 Å². The van der Waals surface area contributed by atoms with Gasteiger partial charge in [0, 0.05) is 38.6 Å². The van der Waals surface area contributed by atoms with Crippen LogP contribution in [0.5, 0.6) is 0 Å². The average molecular weight is 493 g/mol. The maximum atomic E-state index is 13.3. The molecule has 2 amide bonds. The minimum Gasteiger partial charge on any atom is -0.324 e. The Balaban J connectivity index is 1.26. The molecular formula is C26H28N4O4S. The summed E-state index contributed by atoms with van der Waals surface area (Å²) in [4.78, 5) is 29.5. The van der Waals surface area contributed by atoms with E-state index in [1.165, 1.54) is 4.31 Å². The van der Waals surface area contributed by atoms with Gasteiger partial charge in [-0.15, -0.1) is 0 Å². The van der Waals surface area contributed by atoms with E-state index in [0.717, 1.165) is 10.8 Å². The van der Waals surface area contributed by atoms with E-state index in [2.05, 4.69) is 5.32 Å². The second-order valence-electron chi connectivity index (χ2n) is 9.07. The lowest BCUT2D eigenvalue weighted by Gasteiger charge is -2.35. The van der Waals surface area contributed by atoms with E-state index in [9.17, 15) is 18.0 Å². The number of sulfonamides is 1. The van der Waals surface area contributed by atoms with Crippen LogP contribution in [0.4, 0.5) is 11.4 Å². The zero-order chi connectivity index (χ0) is 24.6. The van der Waals surface area contributed by atoms with Crippen molar-refractivity contribution in [3.8, 4) is 0 Å². The van der Waals surface area contributed by atoms with Crippen LogP contribution in [0, 0.1) is 0 Å². The van der Waals surface area contributed by atoms with Gasteiger partial charge in [-0.05, 0) is 42.0 Å². The third-order valence-electron chi connectivity index (χ3n) is 6.68. The van der Waals surface area contributed by atoms with Crippen molar-refractivity contribution >= 4 is 44.0 Å². The van der Waals surface area contributed by atoms with E-state index in [1.54, 1.807) is 23.1 Å². The number of nitrogens with one attached hydrogen (secondary N) is 1. The number of amides is 2. The van der Waals surface area contributed by atoms with Gasteiger partial charge in [0.25, 0.3) is 0 Å². The summed E-state index contributed by atoms with van der Waals surface area (Å²) in [5.74, 6) is -0.222. The number of rotatable bonds is 4. The largest absolute Gasteiger partial charge is 0.324 e. The lowest BCUT2D eigenvalue weighted by atomic mass is 10.1. The van der Waals surface area contributed by atoms with Crippen LogP contribution >= 0.6 is 0 Å². The number of nitrogens with zero attached hydrogens (tertiary/aromatic N) is 3. The van der Waals surface area contributed by atoms with Gasteiger partial charge in [0.2, 0.25) is 21.8 Å². The molecule has 1 fully saturated rings. The fourth-order valence-corrected chi connectivity index (χ4v) is 6.30. The van der Waals surface area contributed by atoms with Gasteiger partial charge in [-0.1, -0.05) is 42.5 Å². The molecule has 1 saturated heterocycles. The van der Waals surface area contributed by atoms with Gasteiger partial charge in [0.05, 0.1) is 22.8 Å². The molecule has 35 heavy (non-hydrogen) atoms. The molecule has 0 saturated carbocycles. The van der Waals surface area contributed by atoms with E-state index >= 15 is 0 Å². The maximum Gasteiger partial charge on any atom is 0.243 e. The van der Waals surface area contributed by atoms with Gasteiger partial charge in [-0.2, -0.15) is 4.31 Å². The summed E-state index contributed by atoms with van der Waals surface area (Å²) in [5.41, 5.74) is 1.31. The number of anilines is 2. The summed E-state index contributed by atoms with van der Waals surface area (Å²) >= 11 is 0. The second-order valence-corrected chi connectivity index (χ2v) is 11.0. The normalized spacial score (nSPS) is 19.7. The third kappa shape index (κ3) is 4.67. The van der Waals surface area contributed by atoms with Crippen molar-refractivity contribution < 1.29 is 18.0 Å². The van der Waals surface area contributed by atoms with Gasteiger partial charge in [-0.3, -0.25) is 14.5 Å². The molecule has 0 spiro atoms. The molecule has 5 rings (SSSR count). The summed E-state index contributed by atoms with van der Waals surface area (Å²) in [6.45, 7) is 3.58. The number of benzene rings is 3. The summed E-state index contributed by atoms with van der Waals surface area (Å²) in [7, 11) is -3.62. The Bertz CT molecular complexity index is 1380. The minimum atomic E-state index is -3.62. The van der Waals surface area contributed by atoms with Gasteiger partial charge in [0.1, 0.15) is 0 Å². The molecule has 8 nitrogen and oxygen atoms in total. The molecule has 3 aromatic rings. The fourth-order valence-electron chi connectivity index (χ4n) is 4.84. The van der Waals surface area contributed by atoms with E-state index in [0.29, 0.717) is 37.6 Å². The monoisotopic (exact) mass is 492 g/mol. The van der Waals surface area contributed by atoms with Gasteiger partial charge in [-0.25, -0.2) is 8.42 Å². The molecule has 0 aliphatic carbocycles.